The van der Waals surface area contributed by atoms with Gasteiger partial charge in [-0.2, -0.15) is 0 Å². The van der Waals surface area contributed by atoms with Gasteiger partial charge in [0.1, 0.15) is 17.7 Å². The molecule has 2 N–H and O–H groups in total. The monoisotopic (exact) mass is 559 g/mol. The van der Waals surface area contributed by atoms with E-state index in [0.717, 1.165) is 16.3 Å². The Hall–Kier alpha value is -3.87. The summed E-state index contributed by atoms with van der Waals surface area (Å²) in [6.45, 7) is 15.1. The number of carbonyl (C=O) groups is 3. The molecule has 3 rings (SSSR count). The summed E-state index contributed by atoms with van der Waals surface area (Å²) < 4.78 is 5.50. The molecule has 0 saturated heterocycles. The first-order chi connectivity index (χ1) is 19.3. The number of amides is 3. The van der Waals surface area contributed by atoms with E-state index in [2.05, 4.69) is 10.6 Å². The van der Waals surface area contributed by atoms with Crippen molar-refractivity contribution in [3.63, 3.8) is 0 Å². The minimum atomic E-state index is -0.920. The lowest BCUT2D eigenvalue weighted by Crippen LogP contribution is -2.56. The molecule has 0 aromatic heterocycles. The van der Waals surface area contributed by atoms with Gasteiger partial charge >= 0.3 is 6.09 Å². The number of aryl methyl sites for hydroxylation is 1. The number of nitrogens with one attached hydrogen (secondary N) is 2. The van der Waals surface area contributed by atoms with Gasteiger partial charge in [0.05, 0.1) is 0 Å². The van der Waals surface area contributed by atoms with Crippen LogP contribution in [0.5, 0.6) is 0 Å². The fourth-order valence-corrected chi connectivity index (χ4v) is 4.74. The summed E-state index contributed by atoms with van der Waals surface area (Å²) in [6, 6.07) is 19.3. The standard InChI is InChI=1S/C34H45N3O4/c1-9-23(4)29(36-33(40)41-34(6,7)8)32(39)37(24(5)10-2)30(26-17-15-22(3)16-18-26)31(38)35-28-20-19-25-13-11-12-14-27(25)21-28/h11-21,23-24,29-30H,9-10H2,1-8H3,(H,35,38)(H,36,40). The summed E-state index contributed by atoms with van der Waals surface area (Å²) in [4.78, 5) is 43.1. The number of ether oxygens (including phenoxy) is 1. The molecule has 3 amide bonds. The van der Waals surface area contributed by atoms with E-state index in [-0.39, 0.29) is 23.8 Å². The van der Waals surface area contributed by atoms with E-state index in [4.69, 9.17) is 4.74 Å². The first kappa shape index (κ1) is 31.7. The van der Waals surface area contributed by atoms with E-state index in [1.54, 1.807) is 25.7 Å². The van der Waals surface area contributed by atoms with Gasteiger partial charge in [0.25, 0.3) is 5.91 Å². The van der Waals surface area contributed by atoms with Crippen molar-refractivity contribution in [2.45, 2.75) is 92.0 Å². The summed E-state index contributed by atoms with van der Waals surface area (Å²) in [5, 5.41) is 7.97. The van der Waals surface area contributed by atoms with Crippen LogP contribution >= 0.6 is 0 Å². The van der Waals surface area contributed by atoms with Crippen LogP contribution in [-0.4, -0.2) is 40.5 Å². The molecule has 220 valence electrons. The molecule has 0 bridgehead atoms. The number of anilines is 1. The molecule has 0 aliphatic carbocycles. The first-order valence-corrected chi connectivity index (χ1v) is 14.5. The Labute approximate surface area is 244 Å². The zero-order valence-electron chi connectivity index (χ0n) is 25.7. The number of rotatable bonds is 10. The van der Waals surface area contributed by atoms with Crippen molar-refractivity contribution in [1.29, 1.82) is 0 Å². The number of carbonyl (C=O) groups excluding carboxylic acids is 3. The van der Waals surface area contributed by atoms with E-state index >= 15 is 0 Å². The maximum absolute atomic E-state index is 14.4. The SMILES string of the molecule is CCC(C)C(NC(=O)OC(C)(C)C)C(=O)N(C(C)CC)C(C(=O)Nc1ccc2ccccc2c1)c1ccc(C)cc1. The van der Waals surface area contributed by atoms with Crippen molar-refractivity contribution in [3.05, 3.63) is 77.9 Å². The average Bonchev–Trinajstić information content (AvgIpc) is 2.93. The summed E-state index contributed by atoms with van der Waals surface area (Å²) in [7, 11) is 0. The van der Waals surface area contributed by atoms with Crippen molar-refractivity contribution in [2.75, 3.05) is 5.32 Å². The molecular formula is C34H45N3O4. The molecule has 0 aliphatic heterocycles. The van der Waals surface area contributed by atoms with Gasteiger partial charge in [0.2, 0.25) is 5.91 Å². The Kier molecular flexibility index (Phi) is 10.5. The summed E-state index contributed by atoms with van der Waals surface area (Å²) in [6.07, 6.45) is 0.614. The third-order valence-corrected chi connectivity index (χ3v) is 7.41. The number of hydrogen-bond acceptors (Lipinski definition) is 4. The number of nitrogens with zero attached hydrogens (tertiary/aromatic N) is 1. The molecule has 0 aliphatic rings. The minimum Gasteiger partial charge on any atom is -0.444 e. The molecule has 7 heteroatoms. The lowest BCUT2D eigenvalue weighted by atomic mass is 9.94. The van der Waals surface area contributed by atoms with E-state index in [1.807, 2.05) is 101 Å². The van der Waals surface area contributed by atoms with Crippen LogP contribution in [0.1, 0.15) is 78.5 Å². The van der Waals surface area contributed by atoms with Gasteiger partial charge in [-0.05, 0) is 75.4 Å². The molecule has 4 unspecified atom stereocenters. The highest BCUT2D eigenvalue weighted by atomic mass is 16.6. The summed E-state index contributed by atoms with van der Waals surface area (Å²) in [5.74, 6) is -0.833. The van der Waals surface area contributed by atoms with Gasteiger partial charge in [-0.15, -0.1) is 0 Å². The number of fused-ring (bicyclic) bond motifs is 1. The smallest absolute Gasteiger partial charge is 0.408 e. The van der Waals surface area contributed by atoms with Crippen LogP contribution in [0.3, 0.4) is 0 Å². The fourth-order valence-electron chi connectivity index (χ4n) is 4.74. The van der Waals surface area contributed by atoms with Crippen molar-refractivity contribution in [1.82, 2.24) is 10.2 Å². The molecule has 0 heterocycles. The topological polar surface area (TPSA) is 87.7 Å². The molecule has 3 aromatic carbocycles. The van der Waals surface area contributed by atoms with Crippen LogP contribution in [0.15, 0.2) is 66.7 Å². The molecule has 0 radical (unpaired) electrons. The predicted octanol–water partition coefficient (Wildman–Crippen LogP) is 7.39. The van der Waals surface area contributed by atoms with Crippen LogP contribution in [0, 0.1) is 12.8 Å². The lowest BCUT2D eigenvalue weighted by Gasteiger charge is -2.39. The molecule has 4 atom stereocenters. The van der Waals surface area contributed by atoms with Gasteiger partial charge < -0.3 is 20.3 Å². The van der Waals surface area contributed by atoms with Crippen molar-refractivity contribution in [2.24, 2.45) is 5.92 Å². The minimum absolute atomic E-state index is 0.191. The second kappa shape index (κ2) is 13.7. The molecule has 41 heavy (non-hydrogen) atoms. The highest BCUT2D eigenvalue weighted by Crippen LogP contribution is 2.30. The number of alkyl carbamates (subject to hydrolysis) is 1. The van der Waals surface area contributed by atoms with Gasteiger partial charge in [-0.25, -0.2) is 4.79 Å². The average molecular weight is 560 g/mol. The third-order valence-electron chi connectivity index (χ3n) is 7.41. The number of benzene rings is 3. The molecule has 0 saturated carbocycles. The van der Waals surface area contributed by atoms with Crippen molar-refractivity contribution in [3.8, 4) is 0 Å². The number of hydrogen-bond donors (Lipinski definition) is 2. The van der Waals surface area contributed by atoms with Gasteiger partial charge in [0, 0.05) is 11.7 Å². The molecular weight excluding hydrogens is 514 g/mol. The largest absolute Gasteiger partial charge is 0.444 e. The third kappa shape index (κ3) is 8.32. The van der Waals surface area contributed by atoms with Crippen LogP contribution in [0.4, 0.5) is 10.5 Å². The lowest BCUT2D eigenvalue weighted by molar-refractivity contribution is -0.144. The normalized spacial score (nSPS) is 14.4. The molecule has 7 nitrogen and oxygen atoms in total. The van der Waals surface area contributed by atoms with Crippen LogP contribution in [-0.2, 0) is 14.3 Å². The van der Waals surface area contributed by atoms with Crippen molar-refractivity contribution < 1.29 is 19.1 Å². The zero-order chi connectivity index (χ0) is 30.3. The van der Waals surface area contributed by atoms with Gasteiger partial charge in [-0.3, -0.25) is 9.59 Å². The van der Waals surface area contributed by atoms with Crippen LogP contribution < -0.4 is 10.6 Å². The van der Waals surface area contributed by atoms with E-state index in [0.29, 0.717) is 24.1 Å². The highest BCUT2D eigenvalue weighted by molar-refractivity contribution is 6.00. The Morgan fingerprint density at radius 3 is 2.10 bits per heavy atom. The molecule has 0 spiro atoms. The Morgan fingerprint density at radius 1 is 0.878 bits per heavy atom. The van der Waals surface area contributed by atoms with E-state index < -0.39 is 23.8 Å². The predicted molar refractivity (Wildman–Crippen MR) is 166 cm³/mol. The van der Waals surface area contributed by atoms with Gasteiger partial charge in [0.15, 0.2) is 0 Å². The Balaban J connectivity index is 2.05. The second-order valence-electron chi connectivity index (χ2n) is 11.9. The van der Waals surface area contributed by atoms with E-state index in [1.165, 1.54) is 0 Å². The van der Waals surface area contributed by atoms with E-state index in [9.17, 15) is 14.4 Å². The fraction of sp³-hybridized carbons (Fsp3) is 0.441. The van der Waals surface area contributed by atoms with Crippen LogP contribution in [0.25, 0.3) is 10.8 Å². The first-order valence-electron chi connectivity index (χ1n) is 14.5. The Morgan fingerprint density at radius 2 is 1.51 bits per heavy atom. The Bertz CT molecular complexity index is 1350. The molecule has 3 aromatic rings. The summed E-state index contributed by atoms with van der Waals surface area (Å²) >= 11 is 0. The highest BCUT2D eigenvalue weighted by Gasteiger charge is 2.40. The maximum atomic E-state index is 14.4. The van der Waals surface area contributed by atoms with Crippen LogP contribution in [0.2, 0.25) is 0 Å². The summed E-state index contributed by atoms with van der Waals surface area (Å²) in [5.41, 5.74) is 1.68. The maximum Gasteiger partial charge on any atom is 0.408 e. The molecule has 0 fully saturated rings. The zero-order valence-corrected chi connectivity index (χ0v) is 25.7. The second-order valence-corrected chi connectivity index (χ2v) is 11.9. The quantitative estimate of drug-likeness (QED) is 0.271. The van der Waals surface area contributed by atoms with Gasteiger partial charge in [-0.1, -0.05) is 87.4 Å². The van der Waals surface area contributed by atoms with Crippen molar-refractivity contribution >= 4 is 34.4 Å².